The van der Waals surface area contributed by atoms with Crippen LogP contribution in [0, 0.1) is 30.2 Å². The fraction of sp³-hybridized carbons (Fsp3) is 0.0588. The lowest BCUT2D eigenvalue weighted by molar-refractivity contribution is 0.449. The van der Waals surface area contributed by atoms with Crippen molar-refractivity contribution < 1.29 is 17.6 Å². The fourth-order valence-electron chi connectivity index (χ4n) is 2.14. The number of halogens is 4. The van der Waals surface area contributed by atoms with E-state index in [1.807, 2.05) is 0 Å². The first kappa shape index (κ1) is 16.7. The van der Waals surface area contributed by atoms with Gasteiger partial charge in [-0.05, 0) is 37.3 Å². The summed E-state index contributed by atoms with van der Waals surface area (Å²) >= 11 is 0. The molecule has 4 nitrogen and oxygen atoms in total. The van der Waals surface area contributed by atoms with Crippen LogP contribution in [-0.2, 0) is 0 Å². The molecule has 3 rings (SSSR count). The van der Waals surface area contributed by atoms with E-state index in [1.165, 1.54) is 24.3 Å². The Morgan fingerprint density at radius 3 is 2.40 bits per heavy atom. The number of benzene rings is 2. The van der Waals surface area contributed by atoms with Gasteiger partial charge < -0.3 is 10.6 Å². The topological polar surface area (TPSA) is 49.8 Å². The van der Waals surface area contributed by atoms with Crippen LogP contribution >= 0.6 is 0 Å². The monoisotopic (exact) mass is 348 g/mol. The van der Waals surface area contributed by atoms with Crippen LogP contribution in [0.25, 0.3) is 0 Å². The van der Waals surface area contributed by atoms with Crippen molar-refractivity contribution in [3.8, 4) is 0 Å². The van der Waals surface area contributed by atoms with Crippen molar-refractivity contribution in [1.29, 1.82) is 0 Å². The van der Waals surface area contributed by atoms with Crippen molar-refractivity contribution in [2.75, 3.05) is 10.6 Å². The molecule has 25 heavy (non-hydrogen) atoms. The Morgan fingerprint density at radius 1 is 0.840 bits per heavy atom. The molecule has 0 saturated heterocycles. The highest BCUT2D eigenvalue weighted by Gasteiger charge is 2.14. The van der Waals surface area contributed by atoms with Crippen LogP contribution in [0.1, 0.15) is 5.69 Å². The Labute approximate surface area is 140 Å². The molecule has 0 atom stereocenters. The third kappa shape index (κ3) is 3.85. The summed E-state index contributed by atoms with van der Waals surface area (Å²) in [5.41, 5.74) is 0.684. The molecule has 0 aliphatic carbocycles. The zero-order valence-electron chi connectivity index (χ0n) is 12.9. The van der Waals surface area contributed by atoms with E-state index in [1.54, 1.807) is 13.0 Å². The summed E-state index contributed by atoms with van der Waals surface area (Å²) in [6.07, 6.45) is 0. The maximum atomic E-state index is 13.8. The molecular formula is C17H12F4N4. The van der Waals surface area contributed by atoms with Crippen LogP contribution in [-0.4, -0.2) is 9.97 Å². The van der Waals surface area contributed by atoms with Gasteiger partial charge in [0.05, 0.1) is 5.69 Å². The quantitative estimate of drug-likeness (QED) is 0.524. The molecule has 0 bridgehead atoms. The molecular weight excluding hydrogens is 336 g/mol. The summed E-state index contributed by atoms with van der Waals surface area (Å²) in [6, 6.07) is 9.05. The third-order valence-electron chi connectivity index (χ3n) is 3.23. The number of hydrogen-bond acceptors (Lipinski definition) is 4. The van der Waals surface area contributed by atoms with Gasteiger partial charge in [-0.1, -0.05) is 6.07 Å². The number of rotatable bonds is 4. The minimum atomic E-state index is -1.58. The lowest BCUT2D eigenvalue weighted by Crippen LogP contribution is -2.04. The molecule has 3 aromatic rings. The van der Waals surface area contributed by atoms with Gasteiger partial charge in [-0.2, -0.15) is 4.98 Å². The average Bonchev–Trinajstić information content (AvgIpc) is 2.55. The van der Waals surface area contributed by atoms with E-state index in [0.717, 1.165) is 12.1 Å². The summed E-state index contributed by atoms with van der Waals surface area (Å²) in [5.74, 6) is -4.34. The summed E-state index contributed by atoms with van der Waals surface area (Å²) in [7, 11) is 0. The summed E-state index contributed by atoms with van der Waals surface area (Å²) < 4.78 is 53.3. The lowest BCUT2D eigenvalue weighted by atomic mass is 10.2. The Bertz CT molecular complexity index is 931. The number of nitrogens with zero attached hydrogens (tertiary/aromatic N) is 2. The zero-order chi connectivity index (χ0) is 18.0. The molecule has 2 N–H and O–H groups in total. The van der Waals surface area contributed by atoms with E-state index >= 15 is 0 Å². The SMILES string of the molecule is Cc1cc(Nc2ccc(F)c(F)c2F)nc(Nc2cccc(F)c2)n1. The van der Waals surface area contributed by atoms with Crippen LogP contribution in [0.4, 0.5) is 40.7 Å². The molecule has 0 spiro atoms. The van der Waals surface area contributed by atoms with Gasteiger partial charge in [0.2, 0.25) is 5.95 Å². The fourth-order valence-corrected chi connectivity index (χ4v) is 2.14. The van der Waals surface area contributed by atoms with Crippen LogP contribution < -0.4 is 10.6 Å². The number of nitrogens with one attached hydrogen (secondary N) is 2. The molecule has 0 saturated carbocycles. The molecule has 0 unspecified atom stereocenters. The highest BCUT2D eigenvalue weighted by Crippen LogP contribution is 2.24. The van der Waals surface area contributed by atoms with Crippen molar-refractivity contribution in [2.24, 2.45) is 0 Å². The minimum absolute atomic E-state index is 0.135. The van der Waals surface area contributed by atoms with Gasteiger partial charge in [0.25, 0.3) is 0 Å². The van der Waals surface area contributed by atoms with Gasteiger partial charge in [-0.3, -0.25) is 0 Å². The lowest BCUT2D eigenvalue weighted by Gasteiger charge is -2.11. The molecule has 0 amide bonds. The zero-order valence-corrected chi connectivity index (χ0v) is 12.9. The van der Waals surface area contributed by atoms with Crippen molar-refractivity contribution >= 4 is 23.1 Å². The first-order valence-electron chi connectivity index (χ1n) is 7.21. The molecule has 0 fully saturated rings. The number of aromatic nitrogens is 2. The predicted octanol–water partition coefficient (Wildman–Crippen LogP) is 4.83. The Morgan fingerprint density at radius 2 is 1.64 bits per heavy atom. The van der Waals surface area contributed by atoms with E-state index < -0.39 is 23.3 Å². The Hall–Kier alpha value is -3.16. The molecule has 128 valence electrons. The van der Waals surface area contributed by atoms with Gasteiger partial charge in [-0.25, -0.2) is 22.5 Å². The predicted molar refractivity (Wildman–Crippen MR) is 86.1 cm³/mol. The Balaban J connectivity index is 1.88. The van der Waals surface area contributed by atoms with Crippen molar-refractivity contribution in [1.82, 2.24) is 9.97 Å². The maximum absolute atomic E-state index is 13.8. The Kier molecular flexibility index (Phi) is 4.51. The van der Waals surface area contributed by atoms with Crippen molar-refractivity contribution in [3.63, 3.8) is 0 Å². The maximum Gasteiger partial charge on any atom is 0.229 e. The van der Waals surface area contributed by atoms with Crippen LogP contribution in [0.5, 0.6) is 0 Å². The van der Waals surface area contributed by atoms with Gasteiger partial charge >= 0.3 is 0 Å². The van der Waals surface area contributed by atoms with E-state index in [4.69, 9.17) is 0 Å². The first-order chi connectivity index (χ1) is 11.9. The molecule has 1 aromatic heterocycles. The average molecular weight is 348 g/mol. The summed E-state index contributed by atoms with van der Waals surface area (Å²) in [5, 5.41) is 5.39. The molecule has 0 aliphatic rings. The second-order valence-electron chi connectivity index (χ2n) is 5.20. The molecule has 0 radical (unpaired) electrons. The van der Waals surface area contributed by atoms with Crippen LogP contribution in [0.2, 0.25) is 0 Å². The minimum Gasteiger partial charge on any atom is -0.338 e. The summed E-state index contributed by atoms with van der Waals surface area (Å²) in [6.45, 7) is 1.67. The summed E-state index contributed by atoms with van der Waals surface area (Å²) in [4.78, 5) is 8.25. The highest BCUT2D eigenvalue weighted by molar-refractivity contribution is 5.60. The van der Waals surface area contributed by atoms with Crippen molar-refractivity contribution in [3.05, 3.63) is 71.4 Å². The normalized spacial score (nSPS) is 10.6. The number of hydrogen-bond donors (Lipinski definition) is 2. The smallest absolute Gasteiger partial charge is 0.229 e. The van der Waals surface area contributed by atoms with E-state index in [-0.39, 0.29) is 17.5 Å². The third-order valence-corrected chi connectivity index (χ3v) is 3.23. The highest BCUT2D eigenvalue weighted by atomic mass is 19.2. The molecule has 1 heterocycles. The largest absolute Gasteiger partial charge is 0.338 e. The second kappa shape index (κ2) is 6.76. The van der Waals surface area contributed by atoms with Gasteiger partial charge in [-0.15, -0.1) is 0 Å². The van der Waals surface area contributed by atoms with E-state index in [2.05, 4.69) is 20.6 Å². The van der Waals surface area contributed by atoms with Gasteiger partial charge in [0, 0.05) is 17.4 Å². The van der Waals surface area contributed by atoms with Gasteiger partial charge in [0.15, 0.2) is 17.5 Å². The number of aryl methyl sites for hydroxylation is 1. The standard InChI is InChI=1S/C17H12F4N4/c1-9-7-14(24-13-6-5-12(19)15(20)16(13)21)25-17(22-9)23-11-4-2-3-10(18)8-11/h2-8H,1H3,(H2,22,23,24,25). The van der Waals surface area contributed by atoms with Crippen LogP contribution in [0.15, 0.2) is 42.5 Å². The second-order valence-corrected chi connectivity index (χ2v) is 5.20. The van der Waals surface area contributed by atoms with Crippen LogP contribution in [0.3, 0.4) is 0 Å². The molecule has 8 heteroatoms. The van der Waals surface area contributed by atoms with E-state index in [9.17, 15) is 17.6 Å². The number of anilines is 4. The van der Waals surface area contributed by atoms with Crippen molar-refractivity contribution in [2.45, 2.75) is 6.92 Å². The first-order valence-corrected chi connectivity index (χ1v) is 7.21. The molecule has 2 aromatic carbocycles. The van der Waals surface area contributed by atoms with E-state index in [0.29, 0.717) is 11.4 Å². The van der Waals surface area contributed by atoms with Gasteiger partial charge in [0.1, 0.15) is 11.6 Å². The molecule has 0 aliphatic heterocycles.